The lowest BCUT2D eigenvalue weighted by Crippen LogP contribution is -2.49. The summed E-state index contributed by atoms with van der Waals surface area (Å²) < 4.78 is 46.4. The van der Waals surface area contributed by atoms with E-state index in [4.69, 9.17) is 0 Å². The number of carbonyl (C=O) groups is 1. The van der Waals surface area contributed by atoms with Gasteiger partial charge in [-0.1, -0.05) is 5.92 Å². The molecule has 4 nitrogen and oxygen atoms in total. The van der Waals surface area contributed by atoms with E-state index in [0.717, 1.165) is 12.8 Å². The van der Waals surface area contributed by atoms with E-state index in [1.165, 1.54) is 12.1 Å². The standard InChI is InChI=1S/C18H15F3N2O2/c1-23(2)13-8-9-15-14(11-13)17(18(19,20)21,25-16(24)22-15)10-4-3-5-12-6-7-12/h8-9,11-12H,6-7H2,1-2H3,(H,22,24)/t17-/m0/s1. The van der Waals surface area contributed by atoms with Gasteiger partial charge in [0, 0.05) is 31.3 Å². The van der Waals surface area contributed by atoms with Crippen molar-refractivity contribution in [2.45, 2.75) is 24.6 Å². The van der Waals surface area contributed by atoms with Gasteiger partial charge in [0.25, 0.3) is 5.60 Å². The monoisotopic (exact) mass is 348 g/mol. The van der Waals surface area contributed by atoms with Crippen LogP contribution in [-0.2, 0) is 10.3 Å². The van der Waals surface area contributed by atoms with Crippen LogP contribution in [0.5, 0.6) is 0 Å². The van der Waals surface area contributed by atoms with Crippen molar-refractivity contribution in [3.8, 4) is 23.7 Å². The number of halogens is 3. The molecule has 0 radical (unpaired) electrons. The van der Waals surface area contributed by atoms with Crippen molar-refractivity contribution >= 4 is 17.5 Å². The van der Waals surface area contributed by atoms with Crippen molar-refractivity contribution < 1.29 is 22.7 Å². The Bertz CT molecular complexity index is 836. The summed E-state index contributed by atoms with van der Waals surface area (Å²) in [6.45, 7) is 0. The topological polar surface area (TPSA) is 41.6 Å². The number of cyclic esters (lactones) is 1. The van der Waals surface area contributed by atoms with Crippen LogP contribution >= 0.6 is 0 Å². The first-order valence-corrected chi connectivity index (χ1v) is 7.64. The molecule has 1 saturated carbocycles. The lowest BCUT2D eigenvalue weighted by atomic mass is 9.90. The second kappa shape index (κ2) is 5.93. The Balaban J connectivity index is 2.16. The summed E-state index contributed by atoms with van der Waals surface area (Å²) in [5.41, 5.74) is -2.76. The van der Waals surface area contributed by atoms with E-state index in [0.29, 0.717) is 5.69 Å². The van der Waals surface area contributed by atoms with Crippen molar-refractivity contribution in [2.75, 3.05) is 24.3 Å². The highest BCUT2D eigenvalue weighted by Crippen LogP contribution is 2.48. The van der Waals surface area contributed by atoms with Crippen molar-refractivity contribution in [3.05, 3.63) is 23.8 Å². The third-order valence-corrected chi connectivity index (χ3v) is 3.94. The predicted molar refractivity (Wildman–Crippen MR) is 86.9 cm³/mol. The molecule has 0 saturated heterocycles. The minimum Gasteiger partial charge on any atom is -0.415 e. The molecule has 1 N–H and O–H groups in total. The largest absolute Gasteiger partial charge is 0.445 e. The average Bonchev–Trinajstić information content (AvgIpc) is 3.33. The lowest BCUT2D eigenvalue weighted by Gasteiger charge is -2.36. The fraction of sp³-hybridized carbons (Fsp3) is 0.389. The first kappa shape index (κ1) is 17.0. The van der Waals surface area contributed by atoms with E-state index in [2.05, 4.69) is 33.7 Å². The van der Waals surface area contributed by atoms with E-state index >= 15 is 0 Å². The number of hydrogen-bond donors (Lipinski definition) is 1. The number of fused-ring (bicyclic) bond motifs is 1. The van der Waals surface area contributed by atoms with Crippen LogP contribution < -0.4 is 10.2 Å². The molecule has 1 aromatic carbocycles. The number of hydrogen-bond acceptors (Lipinski definition) is 3. The van der Waals surface area contributed by atoms with Crippen LogP contribution in [0.25, 0.3) is 0 Å². The Morgan fingerprint density at radius 1 is 1.28 bits per heavy atom. The molecule has 0 aromatic heterocycles. The van der Waals surface area contributed by atoms with E-state index in [9.17, 15) is 18.0 Å². The van der Waals surface area contributed by atoms with Crippen LogP contribution in [0.4, 0.5) is 29.3 Å². The molecule has 1 amide bonds. The van der Waals surface area contributed by atoms with Crippen molar-refractivity contribution in [1.82, 2.24) is 0 Å². The third kappa shape index (κ3) is 3.23. The minimum absolute atomic E-state index is 0.0172. The molecule has 0 bridgehead atoms. The Morgan fingerprint density at radius 2 is 2.00 bits per heavy atom. The van der Waals surface area contributed by atoms with Crippen LogP contribution in [0.3, 0.4) is 0 Å². The molecule has 1 fully saturated rings. The van der Waals surface area contributed by atoms with Crippen LogP contribution in [0.1, 0.15) is 18.4 Å². The van der Waals surface area contributed by atoms with Crippen molar-refractivity contribution in [3.63, 3.8) is 0 Å². The summed E-state index contributed by atoms with van der Waals surface area (Å²) in [7, 11) is 3.40. The Kier molecular flexibility index (Phi) is 4.04. The van der Waals surface area contributed by atoms with Crippen molar-refractivity contribution in [2.24, 2.45) is 5.92 Å². The number of benzene rings is 1. The predicted octanol–water partition coefficient (Wildman–Crippen LogP) is 3.49. The molecule has 0 unspecified atom stereocenters. The maximum absolute atomic E-state index is 13.9. The van der Waals surface area contributed by atoms with Gasteiger partial charge in [-0.05, 0) is 48.8 Å². The van der Waals surface area contributed by atoms with Gasteiger partial charge in [0.2, 0.25) is 0 Å². The second-order valence-electron chi connectivity index (χ2n) is 6.11. The zero-order valence-electron chi connectivity index (χ0n) is 13.6. The maximum atomic E-state index is 13.9. The number of rotatable bonds is 1. The normalized spacial score (nSPS) is 21.6. The van der Waals surface area contributed by atoms with Gasteiger partial charge in [-0.3, -0.25) is 5.32 Å². The molecule has 1 aliphatic carbocycles. The zero-order valence-corrected chi connectivity index (χ0v) is 13.6. The Morgan fingerprint density at radius 3 is 2.60 bits per heavy atom. The Hall–Kier alpha value is -2.80. The maximum Gasteiger partial charge on any atom is 0.445 e. The summed E-state index contributed by atoms with van der Waals surface area (Å²) in [6, 6.07) is 4.32. The van der Waals surface area contributed by atoms with E-state index < -0.39 is 17.9 Å². The average molecular weight is 348 g/mol. The molecule has 7 heteroatoms. The highest BCUT2D eigenvalue weighted by Gasteiger charge is 2.62. The zero-order chi connectivity index (χ0) is 18.2. The van der Waals surface area contributed by atoms with Gasteiger partial charge >= 0.3 is 12.3 Å². The van der Waals surface area contributed by atoms with Gasteiger partial charge in [0.15, 0.2) is 0 Å². The van der Waals surface area contributed by atoms with Gasteiger partial charge in [-0.2, -0.15) is 13.2 Å². The van der Waals surface area contributed by atoms with E-state index in [1.807, 2.05) is 0 Å². The van der Waals surface area contributed by atoms with Gasteiger partial charge in [-0.25, -0.2) is 4.79 Å². The van der Waals surface area contributed by atoms with Gasteiger partial charge in [0.1, 0.15) is 0 Å². The number of anilines is 2. The van der Waals surface area contributed by atoms with Crippen LogP contribution in [0.15, 0.2) is 18.2 Å². The van der Waals surface area contributed by atoms with Gasteiger partial charge < -0.3 is 9.64 Å². The number of alkyl halides is 3. The van der Waals surface area contributed by atoms with Gasteiger partial charge in [-0.15, -0.1) is 0 Å². The molecule has 1 aliphatic heterocycles. The molecule has 0 spiro atoms. The first-order valence-electron chi connectivity index (χ1n) is 7.64. The molecule has 130 valence electrons. The summed E-state index contributed by atoms with van der Waals surface area (Å²) in [4.78, 5) is 13.4. The molecular formula is C18H15F3N2O2. The van der Waals surface area contributed by atoms with Gasteiger partial charge in [0.05, 0.1) is 5.69 Å². The SMILES string of the molecule is CN(C)c1ccc2c(c1)[C@@](C#CC#CC1CC1)(C(F)(F)F)OC(=O)N2. The first-order chi connectivity index (χ1) is 11.7. The number of nitrogens with zero attached hydrogens (tertiary/aromatic N) is 1. The highest BCUT2D eigenvalue weighted by molar-refractivity contribution is 5.90. The lowest BCUT2D eigenvalue weighted by molar-refractivity contribution is -0.239. The third-order valence-electron chi connectivity index (χ3n) is 3.94. The van der Waals surface area contributed by atoms with Crippen LogP contribution in [0.2, 0.25) is 0 Å². The van der Waals surface area contributed by atoms with E-state index in [1.54, 1.807) is 25.1 Å². The summed E-state index contributed by atoms with van der Waals surface area (Å²) >= 11 is 0. The number of amides is 1. The molecule has 1 atom stereocenters. The second-order valence-corrected chi connectivity index (χ2v) is 6.11. The van der Waals surface area contributed by atoms with Crippen LogP contribution in [-0.4, -0.2) is 26.4 Å². The highest BCUT2D eigenvalue weighted by atomic mass is 19.4. The molecule has 1 aromatic rings. The number of carbonyl (C=O) groups excluding carboxylic acids is 1. The number of ether oxygens (including phenoxy) is 1. The smallest absolute Gasteiger partial charge is 0.415 e. The quantitative estimate of drug-likeness (QED) is 0.790. The fourth-order valence-corrected chi connectivity index (χ4v) is 2.40. The molecule has 3 rings (SSSR count). The fourth-order valence-electron chi connectivity index (χ4n) is 2.40. The number of nitrogens with one attached hydrogen (secondary N) is 1. The molecular weight excluding hydrogens is 333 g/mol. The van der Waals surface area contributed by atoms with Crippen LogP contribution in [0, 0.1) is 29.6 Å². The summed E-state index contributed by atoms with van der Waals surface area (Å²) in [5.74, 6) is 9.72. The minimum atomic E-state index is -4.92. The van der Waals surface area contributed by atoms with Crippen molar-refractivity contribution in [1.29, 1.82) is 0 Å². The Labute approximate surface area is 143 Å². The summed E-state index contributed by atoms with van der Waals surface area (Å²) in [6.07, 6.45) is -4.24. The molecule has 1 heterocycles. The summed E-state index contributed by atoms with van der Waals surface area (Å²) in [5, 5.41) is 2.29. The molecule has 2 aliphatic rings. The molecule has 25 heavy (non-hydrogen) atoms. The van der Waals surface area contributed by atoms with E-state index in [-0.39, 0.29) is 17.2 Å².